The van der Waals surface area contributed by atoms with Crippen molar-refractivity contribution in [3.05, 3.63) is 60.7 Å². The maximum atomic E-state index is 13.0. The Bertz CT molecular complexity index is 1050. The summed E-state index contributed by atoms with van der Waals surface area (Å²) in [7, 11) is -2.64. The number of ether oxygens (including phenoxy) is 1. The Morgan fingerprint density at radius 3 is 2.00 bits per heavy atom. The lowest BCUT2D eigenvalue weighted by Gasteiger charge is -2.43. The van der Waals surface area contributed by atoms with Crippen LogP contribution in [0.3, 0.4) is 0 Å². The van der Waals surface area contributed by atoms with Crippen LogP contribution in [0.5, 0.6) is 0 Å². The van der Waals surface area contributed by atoms with Crippen LogP contribution < -0.4 is 15.7 Å². The molecule has 2 amide bonds. The Morgan fingerprint density at radius 2 is 1.50 bits per heavy atom. The number of carbonyl (C=O) groups is 3. The van der Waals surface area contributed by atoms with Crippen LogP contribution in [0.15, 0.2) is 60.7 Å². The van der Waals surface area contributed by atoms with Gasteiger partial charge in [0.2, 0.25) is 5.91 Å². The third-order valence-corrected chi connectivity index (χ3v) is 11.8. The van der Waals surface area contributed by atoms with E-state index in [2.05, 4.69) is 74.6 Å². The number of hydrogen-bond acceptors (Lipinski definition) is 5. The molecule has 0 aliphatic carbocycles. The molecule has 1 atom stereocenters. The van der Waals surface area contributed by atoms with Crippen LogP contribution >= 0.6 is 0 Å². The van der Waals surface area contributed by atoms with E-state index in [9.17, 15) is 14.4 Å². The number of nitrogens with zero attached hydrogens (tertiary/aromatic N) is 1. The summed E-state index contributed by atoms with van der Waals surface area (Å²) in [4.78, 5) is 39.2. The molecule has 1 saturated heterocycles. The highest BCUT2D eigenvalue weighted by atomic mass is 28.4. The molecule has 1 N–H and O–H groups in total. The average Bonchev–Trinajstić information content (AvgIpc) is 2.85. The van der Waals surface area contributed by atoms with Crippen molar-refractivity contribution < 1.29 is 23.5 Å². The van der Waals surface area contributed by atoms with Crippen molar-refractivity contribution in [3.8, 4) is 0 Å². The van der Waals surface area contributed by atoms with Crippen molar-refractivity contribution in [1.82, 2.24) is 10.2 Å². The van der Waals surface area contributed by atoms with Gasteiger partial charge in [0.1, 0.15) is 17.4 Å². The second-order valence-electron chi connectivity index (χ2n) is 11.8. The SMILES string of the molecule is CC(C)(C)OC(=O)N1CCC(=O)C[C@H]1C(=O)NCCCO[Si](c1ccccc1)(c1ccccc1)C(C)(C)C. The van der Waals surface area contributed by atoms with Crippen LogP contribution in [0.4, 0.5) is 4.79 Å². The van der Waals surface area contributed by atoms with Crippen molar-refractivity contribution in [1.29, 1.82) is 0 Å². The van der Waals surface area contributed by atoms with E-state index in [0.717, 1.165) is 0 Å². The van der Waals surface area contributed by atoms with Crippen molar-refractivity contribution in [2.24, 2.45) is 0 Å². The molecule has 0 unspecified atom stereocenters. The summed E-state index contributed by atoms with van der Waals surface area (Å²) >= 11 is 0. The molecular formula is C30H42N2O5Si. The van der Waals surface area contributed by atoms with Crippen LogP contribution in [-0.2, 0) is 18.8 Å². The molecule has 8 heteroatoms. The maximum absolute atomic E-state index is 13.0. The van der Waals surface area contributed by atoms with Gasteiger partial charge in [-0.1, -0.05) is 81.4 Å². The summed E-state index contributed by atoms with van der Waals surface area (Å²) in [6.07, 6.45) is 0.266. The number of carbonyl (C=O) groups excluding carboxylic acids is 3. The first kappa shape index (κ1) is 29.6. The van der Waals surface area contributed by atoms with E-state index in [1.165, 1.54) is 15.3 Å². The monoisotopic (exact) mass is 538 g/mol. The van der Waals surface area contributed by atoms with Crippen LogP contribution in [0.1, 0.15) is 60.8 Å². The molecule has 0 bridgehead atoms. The zero-order valence-electron chi connectivity index (χ0n) is 23.6. The fourth-order valence-electron chi connectivity index (χ4n) is 4.99. The molecule has 38 heavy (non-hydrogen) atoms. The second-order valence-corrected chi connectivity index (χ2v) is 16.1. The topological polar surface area (TPSA) is 84.9 Å². The van der Waals surface area contributed by atoms with E-state index in [0.29, 0.717) is 19.6 Å². The summed E-state index contributed by atoms with van der Waals surface area (Å²) in [5.74, 6) is -0.366. The first-order valence-electron chi connectivity index (χ1n) is 13.4. The minimum Gasteiger partial charge on any atom is -0.444 e. The van der Waals surface area contributed by atoms with Crippen LogP contribution in [0, 0.1) is 0 Å². The zero-order chi connectivity index (χ0) is 28.0. The van der Waals surface area contributed by atoms with Gasteiger partial charge in [-0.05, 0) is 42.6 Å². The van der Waals surface area contributed by atoms with Gasteiger partial charge in [0.05, 0.1) is 0 Å². The molecule has 1 fully saturated rings. The molecule has 1 aliphatic rings. The van der Waals surface area contributed by atoms with E-state index < -0.39 is 26.1 Å². The molecule has 0 spiro atoms. The third-order valence-electron chi connectivity index (χ3n) is 6.72. The summed E-state index contributed by atoms with van der Waals surface area (Å²) in [6, 6.07) is 20.0. The third kappa shape index (κ3) is 7.11. The summed E-state index contributed by atoms with van der Waals surface area (Å²) in [5.41, 5.74) is -0.683. The average molecular weight is 539 g/mol. The lowest BCUT2D eigenvalue weighted by Crippen LogP contribution is -2.66. The molecule has 0 radical (unpaired) electrons. The normalized spacial score (nSPS) is 16.7. The van der Waals surface area contributed by atoms with E-state index in [-0.39, 0.29) is 36.1 Å². The summed E-state index contributed by atoms with van der Waals surface area (Å²) < 4.78 is 12.3. The van der Waals surface area contributed by atoms with Gasteiger partial charge in [0, 0.05) is 32.5 Å². The van der Waals surface area contributed by atoms with Gasteiger partial charge in [-0.25, -0.2) is 4.79 Å². The Kier molecular flexibility index (Phi) is 9.54. The summed E-state index contributed by atoms with van der Waals surface area (Å²) in [5, 5.41) is 5.20. The number of rotatable bonds is 8. The molecule has 0 saturated carbocycles. The quantitative estimate of drug-likeness (QED) is 0.405. The van der Waals surface area contributed by atoms with E-state index >= 15 is 0 Å². The van der Waals surface area contributed by atoms with Crippen molar-refractivity contribution in [2.75, 3.05) is 19.7 Å². The van der Waals surface area contributed by atoms with Gasteiger partial charge >= 0.3 is 6.09 Å². The Labute approximate surface area is 228 Å². The molecular weight excluding hydrogens is 496 g/mol. The van der Waals surface area contributed by atoms with E-state index in [1.807, 2.05) is 12.1 Å². The number of likely N-dealkylation sites (tertiary alicyclic amines) is 1. The Hall–Kier alpha value is -2.97. The fraction of sp³-hybridized carbons (Fsp3) is 0.500. The number of ketones is 1. The van der Waals surface area contributed by atoms with Gasteiger partial charge in [0.25, 0.3) is 8.32 Å². The number of piperidine rings is 1. The molecule has 206 valence electrons. The molecule has 1 heterocycles. The van der Waals surface area contributed by atoms with Gasteiger partial charge in [0.15, 0.2) is 0 Å². The van der Waals surface area contributed by atoms with Gasteiger partial charge in [-0.2, -0.15) is 0 Å². The van der Waals surface area contributed by atoms with Crippen molar-refractivity contribution in [3.63, 3.8) is 0 Å². The number of hydrogen-bond donors (Lipinski definition) is 1. The van der Waals surface area contributed by atoms with Crippen LogP contribution in [0.2, 0.25) is 5.04 Å². The van der Waals surface area contributed by atoms with Gasteiger partial charge in [-0.3, -0.25) is 14.5 Å². The molecule has 1 aliphatic heterocycles. The second kappa shape index (κ2) is 12.3. The number of nitrogens with one attached hydrogen (secondary N) is 1. The lowest BCUT2D eigenvalue weighted by molar-refractivity contribution is -0.133. The lowest BCUT2D eigenvalue weighted by atomic mass is 10.0. The van der Waals surface area contributed by atoms with E-state index in [1.54, 1.807) is 20.8 Å². The minimum absolute atomic E-state index is 0.00361. The Morgan fingerprint density at radius 1 is 0.947 bits per heavy atom. The molecule has 2 aromatic carbocycles. The number of benzene rings is 2. The van der Waals surface area contributed by atoms with Gasteiger partial charge in [-0.15, -0.1) is 0 Å². The smallest absolute Gasteiger partial charge is 0.410 e. The van der Waals surface area contributed by atoms with Gasteiger partial charge < -0.3 is 14.5 Å². The molecule has 2 aromatic rings. The van der Waals surface area contributed by atoms with Crippen molar-refractivity contribution >= 4 is 36.5 Å². The first-order valence-corrected chi connectivity index (χ1v) is 15.3. The highest BCUT2D eigenvalue weighted by Crippen LogP contribution is 2.36. The maximum Gasteiger partial charge on any atom is 0.410 e. The molecule has 3 rings (SSSR count). The summed E-state index contributed by atoms with van der Waals surface area (Å²) in [6.45, 7) is 13.0. The first-order chi connectivity index (χ1) is 17.8. The predicted molar refractivity (Wildman–Crippen MR) is 152 cm³/mol. The Balaban J connectivity index is 1.68. The van der Waals surface area contributed by atoms with Crippen LogP contribution in [0.25, 0.3) is 0 Å². The highest BCUT2D eigenvalue weighted by Gasteiger charge is 2.50. The standard InChI is InChI=1S/C30H42N2O5Si/c1-29(2,3)37-28(35)32-20-18-23(33)22-26(32)27(34)31-19-13-21-36-38(30(4,5)6,24-14-9-7-10-15-24)25-16-11-8-12-17-25/h7-12,14-17,26H,13,18-22H2,1-6H3,(H,31,34)/t26-/m0/s1. The van der Waals surface area contributed by atoms with Crippen LogP contribution in [-0.4, -0.2) is 62.3 Å². The highest BCUT2D eigenvalue weighted by molar-refractivity contribution is 6.99. The molecule has 7 nitrogen and oxygen atoms in total. The number of amides is 2. The fourth-order valence-corrected chi connectivity index (χ4v) is 9.60. The molecule has 0 aromatic heterocycles. The zero-order valence-corrected chi connectivity index (χ0v) is 24.6. The predicted octanol–water partition coefficient (Wildman–Crippen LogP) is 4.04. The minimum atomic E-state index is -2.64. The van der Waals surface area contributed by atoms with E-state index in [4.69, 9.17) is 9.16 Å². The van der Waals surface area contributed by atoms with Crippen molar-refractivity contribution in [2.45, 2.75) is 77.5 Å². The largest absolute Gasteiger partial charge is 0.444 e. The number of Topliss-reactive ketones (excluding diaryl/α,β-unsaturated/α-hetero) is 1.